The number of nitrogens with one attached hydrogen (secondary N) is 1. The summed E-state index contributed by atoms with van der Waals surface area (Å²) in [5.41, 5.74) is 1.14. The van der Waals surface area contributed by atoms with Crippen molar-refractivity contribution in [2.75, 3.05) is 6.54 Å². The Bertz CT molecular complexity index is 527. The molecule has 1 heterocycles. The summed E-state index contributed by atoms with van der Waals surface area (Å²) in [7, 11) is 0. The lowest BCUT2D eigenvalue weighted by Gasteiger charge is -2.23. The Morgan fingerprint density at radius 3 is 2.55 bits per heavy atom. The van der Waals surface area contributed by atoms with Gasteiger partial charge in [-0.25, -0.2) is 0 Å². The molecule has 0 spiro atoms. The zero-order valence-electron chi connectivity index (χ0n) is 12.7. The number of hydrogen-bond acceptors (Lipinski definition) is 4. The van der Waals surface area contributed by atoms with E-state index in [4.69, 9.17) is 0 Å². The second-order valence-corrected chi connectivity index (χ2v) is 6.27. The summed E-state index contributed by atoms with van der Waals surface area (Å²) in [5.74, 6) is 1.13. The van der Waals surface area contributed by atoms with Gasteiger partial charge >= 0.3 is 0 Å². The normalized spacial score (nSPS) is 13.4. The van der Waals surface area contributed by atoms with Crippen molar-refractivity contribution in [3.8, 4) is 11.4 Å². The van der Waals surface area contributed by atoms with Crippen LogP contribution in [-0.2, 0) is 6.54 Å². The molecule has 0 radical (unpaired) electrons. The van der Waals surface area contributed by atoms with Crippen LogP contribution in [0.3, 0.4) is 0 Å². The lowest BCUT2D eigenvalue weighted by Crippen LogP contribution is -2.39. The van der Waals surface area contributed by atoms with Crippen LogP contribution in [0.5, 0.6) is 0 Å². The van der Waals surface area contributed by atoms with Gasteiger partial charge in [-0.3, -0.25) is 0 Å². The quantitative estimate of drug-likeness (QED) is 0.908. The highest BCUT2D eigenvalue weighted by molar-refractivity contribution is 5.52. The zero-order chi connectivity index (χ0) is 14.6. The fourth-order valence-electron chi connectivity index (χ4n) is 1.85. The minimum atomic E-state index is 0.138. The summed E-state index contributed by atoms with van der Waals surface area (Å²) in [5, 5.41) is 16.2. The van der Waals surface area contributed by atoms with Gasteiger partial charge in [-0.1, -0.05) is 37.3 Å². The molecule has 0 saturated heterocycles. The number of benzene rings is 1. The van der Waals surface area contributed by atoms with Crippen molar-refractivity contribution >= 4 is 0 Å². The van der Waals surface area contributed by atoms with E-state index in [1.54, 1.807) is 4.80 Å². The van der Waals surface area contributed by atoms with Gasteiger partial charge < -0.3 is 5.32 Å². The fourth-order valence-corrected chi connectivity index (χ4v) is 1.85. The van der Waals surface area contributed by atoms with E-state index in [0.717, 1.165) is 18.7 Å². The Morgan fingerprint density at radius 2 is 1.90 bits per heavy atom. The summed E-state index contributed by atoms with van der Waals surface area (Å²) in [6, 6.07) is 9.92. The average molecular weight is 273 g/mol. The number of nitrogens with zero attached hydrogens (tertiary/aromatic N) is 4. The molecule has 1 N–H and O–H groups in total. The molecule has 1 aromatic heterocycles. The average Bonchev–Trinajstić information content (AvgIpc) is 2.85. The van der Waals surface area contributed by atoms with Crippen LogP contribution < -0.4 is 5.32 Å². The van der Waals surface area contributed by atoms with Crippen molar-refractivity contribution < 1.29 is 0 Å². The third kappa shape index (κ3) is 4.42. The Hall–Kier alpha value is -1.75. The molecule has 0 aliphatic heterocycles. The molecule has 0 aliphatic carbocycles. The number of tetrazole rings is 1. The van der Waals surface area contributed by atoms with Crippen LogP contribution in [0.15, 0.2) is 30.3 Å². The van der Waals surface area contributed by atoms with Crippen LogP contribution in [0.25, 0.3) is 11.4 Å². The van der Waals surface area contributed by atoms with Gasteiger partial charge in [0.2, 0.25) is 5.82 Å². The summed E-state index contributed by atoms with van der Waals surface area (Å²) < 4.78 is 0. The van der Waals surface area contributed by atoms with Crippen molar-refractivity contribution in [1.29, 1.82) is 0 Å². The predicted octanol–water partition coefficient (Wildman–Crippen LogP) is 2.36. The zero-order valence-corrected chi connectivity index (χ0v) is 12.7. The molecule has 2 rings (SSSR count). The Labute approximate surface area is 120 Å². The van der Waals surface area contributed by atoms with Gasteiger partial charge in [-0.2, -0.15) is 4.80 Å². The van der Waals surface area contributed by atoms with E-state index in [9.17, 15) is 0 Å². The lowest BCUT2D eigenvalue weighted by molar-refractivity contribution is 0.337. The lowest BCUT2D eigenvalue weighted by atomic mass is 10.1. The minimum absolute atomic E-state index is 0.138. The van der Waals surface area contributed by atoms with E-state index >= 15 is 0 Å². The molecule has 1 atom stereocenters. The van der Waals surface area contributed by atoms with Gasteiger partial charge in [0.05, 0.1) is 6.54 Å². The highest BCUT2D eigenvalue weighted by Crippen LogP contribution is 2.12. The molecule has 20 heavy (non-hydrogen) atoms. The van der Waals surface area contributed by atoms with Crippen molar-refractivity contribution in [2.45, 2.75) is 39.8 Å². The molecule has 0 fully saturated rings. The maximum Gasteiger partial charge on any atom is 0.204 e. The predicted molar refractivity (Wildman–Crippen MR) is 80.2 cm³/mol. The first-order chi connectivity index (χ1) is 9.44. The molecular formula is C15H23N5. The number of hydrogen-bond donors (Lipinski definition) is 1. The fraction of sp³-hybridized carbons (Fsp3) is 0.533. The van der Waals surface area contributed by atoms with E-state index in [0.29, 0.717) is 11.7 Å². The van der Waals surface area contributed by atoms with E-state index in [2.05, 4.69) is 48.4 Å². The first kappa shape index (κ1) is 14.7. The van der Waals surface area contributed by atoms with Crippen LogP contribution in [0, 0.1) is 5.92 Å². The van der Waals surface area contributed by atoms with Crippen LogP contribution in [0.4, 0.5) is 0 Å². The molecule has 2 aromatic rings. The Balaban J connectivity index is 1.93. The highest BCUT2D eigenvalue weighted by Gasteiger charge is 2.13. The SMILES string of the molecule is CC(CNC(C)(C)C)Cn1nnc(-c2ccccc2)n1. The third-order valence-corrected chi connectivity index (χ3v) is 2.94. The molecule has 0 amide bonds. The van der Waals surface area contributed by atoms with E-state index in [-0.39, 0.29) is 5.54 Å². The molecule has 1 unspecified atom stereocenters. The second-order valence-electron chi connectivity index (χ2n) is 6.27. The molecular weight excluding hydrogens is 250 g/mol. The van der Waals surface area contributed by atoms with Crippen LogP contribution in [0.1, 0.15) is 27.7 Å². The van der Waals surface area contributed by atoms with Crippen molar-refractivity contribution in [3.05, 3.63) is 30.3 Å². The topological polar surface area (TPSA) is 55.6 Å². The number of rotatable bonds is 5. The van der Waals surface area contributed by atoms with Gasteiger partial charge in [0.15, 0.2) is 0 Å². The Kier molecular flexibility index (Phi) is 4.49. The van der Waals surface area contributed by atoms with Gasteiger partial charge in [-0.05, 0) is 31.9 Å². The van der Waals surface area contributed by atoms with Crippen LogP contribution >= 0.6 is 0 Å². The summed E-state index contributed by atoms with van der Waals surface area (Å²) >= 11 is 0. The largest absolute Gasteiger partial charge is 0.312 e. The van der Waals surface area contributed by atoms with Crippen LogP contribution in [0.2, 0.25) is 0 Å². The highest BCUT2D eigenvalue weighted by atomic mass is 15.6. The molecule has 108 valence electrons. The van der Waals surface area contributed by atoms with Gasteiger partial charge in [0.1, 0.15) is 0 Å². The Morgan fingerprint density at radius 1 is 1.20 bits per heavy atom. The third-order valence-electron chi connectivity index (χ3n) is 2.94. The van der Waals surface area contributed by atoms with Gasteiger partial charge in [-0.15, -0.1) is 10.2 Å². The van der Waals surface area contributed by atoms with E-state index in [1.165, 1.54) is 0 Å². The molecule has 5 heteroatoms. The monoisotopic (exact) mass is 273 g/mol. The standard InChI is InChI=1S/C15H23N5/c1-12(10-16-15(2,3)4)11-20-18-14(17-19-20)13-8-6-5-7-9-13/h5-9,12,16H,10-11H2,1-4H3. The molecule has 0 saturated carbocycles. The molecule has 5 nitrogen and oxygen atoms in total. The van der Waals surface area contributed by atoms with E-state index < -0.39 is 0 Å². The maximum atomic E-state index is 4.43. The van der Waals surface area contributed by atoms with Crippen LogP contribution in [-0.4, -0.2) is 32.3 Å². The van der Waals surface area contributed by atoms with Crippen molar-refractivity contribution in [2.24, 2.45) is 5.92 Å². The maximum absolute atomic E-state index is 4.43. The van der Waals surface area contributed by atoms with Crippen molar-refractivity contribution in [3.63, 3.8) is 0 Å². The van der Waals surface area contributed by atoms with Gasteiger partial charge in [0.25, 0.3) is 0 Å². The summed E-state index contributed by atoms with van der Waals surface area (Å²) in [4.78, 5) is 1.68. The van der Waals surface area contributed by atoms with E-state index in [1.807, 2.05) is 30.3 Å². The summed E-state index contributed by atoms with van der Waals surface area (Å²) in [6.45, 7) is 10.4. The summed E-state index contributed by atoms with van der Waals surface area (Å²) in [6.07, 6.45) is 0. The number of aromatic nitrogens is 4. The first-order valence-electron chi connectivity index (χ1n) is 7.02. The molecule has 0 bridgehead atoms. The van der Waals surface area contributed by atoms with Gasteiger partial charge in [0, 0.05) is 17.6 Å². The molecule has 1 aromatic carbocycles. The van der Waals surface area contributed by atoms with Crippen molar-refractivity contribution in [1.82, 2.24) is 25.5 Å². The smallest absolute Gasteiger partial charge is 0.204 e. The minimum Gasteiger partial charge on any atom is -0.312 e. The molecule has 0 aliphatic rings. The first-order valence-corrected chi connectivity index (χ1v) is 7.02. The second kappa shape index (κ2) is 6.13.